The van der Waals surface area contributed by atoms with Crippen LogP contribution in [0.1, 0.15) is 24.3 Å². The van der Waals surface area contributed by atoms with E-state index in [2.05, 4.69) is 25.2 Å². The van der Waals surface area contributed by atoms with Crippen molar-refractivity contribution in [2.45, 2.75) is 32.0 Å². The molecule has 0 atom stereocenters. The van der Waals surface area contributed by atoms with Crippen LogP contribution in [-0.4, -0.2) is 25.9 Å². The van der Waals surface area contributed by atoms with Gasteiger partial charge in [0.25, 0.3) is 0 Å². The molecule has 0 spiro atoms. The molecular formula is C16H16N4OS. The summed E-state index contributed by atoms with van der Waals surface area (Å²) >= 11 is 1.60. The van der Waals surface area contributed by atoms with E-state index in [0.29, 0.717) is 11.9 Å². The van der Waals surface area contributed by atoms with Gasteiger partial charge in [-0.2, -0.15) is 0 Å². The van der Waals surface area contributed by atoms with E-state index in [1.54, 1.807) is 30.0 Å². The largest absolute Gasteiger partial charge is 0.468 e. The van der Waals surface area contributed by atoms with Gasteiger partial charge in [-0.25, -0.2) is 15.0 Å². The summed E-state index contributed by atoms with van der Waals surface area (Å²) in [6.07, 6.45) is 7.75. The van der Waals surface area contributed by atoms with Crippen LogP contribution in [0, 0.1) is 0 Å². The van der Waals surface area contributed by atoms with Crippen molar-refractivity contribution in [3.63, 3.8) is 0 Å². The molecule has 3 aromatic rings. The first-order valence-electron chi connectivity index (χ1n) is 7.37. The van der Waals surface area contributed by atoms with Crippen molar-refractivity contribution in [2.75, 3.05) is 0 Å². The van der Waals surface area contributed by atoms with Crippen molar-refractivity contribution in [3.05, 3.63) is 53.7 Å². The minimum absolute atomic E-state index is 0.656. The fraction of sp³-hybridized carbons (Fsp3) is 0.312. The van der Waals surface area contributed by atoms with E-state index in [1.807, 2.05) is 18.2 Å². The fourth-order valence-corrected chi connectivity index (χ4v) is 3.21. The molecule has 0 aliphatic heterocycles. The molecule has 1 fully saturated rings. The highest BCUT2D eigenvalue weighted by atomic mass is 32.1. The zero-order valence-electron chi connectivity index (χ0n) is 12.1. The van der Waals surface area contributed by atoms with Gasteiger partial charge in [-0.05, 0) is 31.0 Å². The Balaban J connectivity index is 1.48. The molecule has 1 aliphatic carbocycles. The second-order valence-corrected chi connectivity index (χ2v) is 6.29. The first-order chi connectivity index (χ1) is 10.9. The molecule has 3 aromatic heterocycles. The molecule has 0 bridgehead atoms. The maximum atomic E-state index is 5.47. The summed E-state index contributed by atoms with van der Waals surface area (Å²) in [7, 11) is 0. The third kappa shape index (κ3) is 3.08. The van der Waals surface area contributed by atoms with Crippen LogP contribution in [0.5, 0.6) is 0 Å². The van der Waals surface area contributed by atoms with E-state index in [9.17, 15) is 0 Å². The second kappa shape index (κ2) is 5.98. The highest BCUT2D eigenvalue weighted by Gasteiger charge is 2.30. The number of hydrogen-bond donors (Lipinski definition) is 0. The van der Waals surface area contributed by atoms with Crippen LogP contribution >= 0.6 is 11.3 Å². The molecule has 0 aromatic carbocycles. The Kier molecular flexibility index (Phi) is 3.70. The van der Waals surface area contributed by atoms with Crippen molar-refractivity contribution >= 4 is 11.3 Å². The van der Waals surface area contributed by atoms with Gasteiger partial charge in [-0.3, -0.25) is 4.90 Å². The summed E-state index contributed by atoms with van der Waals surface area (Å²) in [5.41, 5.74) is 1.07. The molecule has 4 rings (SSSR count). The van der Waals surface area contributed by atoms with Gasteiger partial charge in [0.2, 0.25) is 0 Å². The van der Waals surface area contributed by atoms with Crippen molar-refractivity contribution in [2.24, 2.45) is 0 Å². The molecule has 1 aliphatic rings. The van der Waals surface area contributed by atoms with Gasteiger partial charge in [0.15, 0.2) is 10.8 Å². The zero-order valence-corrected chi connectivity index (χ0v) is 12.9. The highest BCUT2D eigenvalue weighted by Crippen LogP contribution is 2.30. The van der Waals surface area contributed by atoms with Gasteiger partial charge in [0.05, 0.1) is 18.5 Å². The lowest BCUT2D eigenvalue weighted by atomic mass is 10.3. The minimum atomic E-state index is 0.656. The number of thiazole rings is 1. The Morgan fingerprint density at radius 2 is 2.05 bits per heavy atom. The van der Waals surface area contributed by atoms with Crippen LogP contribution in [0.2, 0.25) is 0 Å². The maximum Gasteiger partial charge on any atom is 0.188 e. The normalized spacial score (nSPS) is 14.6. The average Bonchev–Trinajstić information content (AvgIpc) is 3.08. The molecule has 0 radical (unpaired) electrons. The van der Waals surface area contributed by atoms with Crippen LogP contribution in [0.3, 0.4) is 0 Å². The van der Waals surface area contributed by atoms with Gasteiger partial charge in [0, 0.05) is 30.4 Å². The average molecular weight is 312 g/mol. The van der Waals surface area contributed by atoms with Gasteiger partial charge in [0.1, 0.15) is 5.76 Å². The Hall–Kier alpha value is -2.05. The van der Waals surface area contributed by atoms with E-state index < -0.39 is 0 Å². The Labute approximate surface area is 132 Å². The summed E-state index contributed by atoms with van der Waals surface area (Å²) in [6, 6.07) is 6.44. The fourth-order valence-electron chi connectivity index (χ4n) is 2.46. The van der Waals surface area contributed by atoms with E-state index in [0.717, 1.165) is 29.6 Å². The third-order valence-corrected chi connectivity index (χ3v) is 4.56. The number of aromatic nitrogens is 3. The predicted octanol–water partition coefficient (Wildman–Crippen LogP) is 3.36. The first kappa shape index (κ1) is 13.6. The summed E-state index contributed by atoms with van der Waals surface area (Å²) in [6.45, 7) is 1.68. The highest BCUT2D eigenvalue weighted by molar-refractivity contribution is 7.13. The molecule has 112 valence electrons. The second-order valence-electron chi connectivity index (χ2n) is 5.43. The van der Waals surface area contributed by atoms with E-state index in [4.69, 9.17) is 4.42 Å². The molecule has 22 heavy (non-hydrogen) atoms. The van der Waals surface area contributed by atoms with Crippen LogP contribution in [0.4, 0.5) is 0 Å². The lowest BCUT2D eigenvalue weighted by molar-refractivity contribution is 0.223. The lowest BCUT2D eigenvalue weighted by Gasteiger charge is -2.19. The maximum absolute atomic E-state index is 5.47. The van der Waals surface area contributed by atoms with Crippen LogP contribution < -0.4 is 0 Å². The van der Waals surface area contributed by atoms with Gasteiger partial charge in [-0.15, -0.1) is 11.3 Å². The first-order valence-corrected chi connectivity index (χ1v) is 8.25. The lowest BCUT2D eigenvalue weighted by Crippen LogP contribution is -2.25. The van der Waals surface area contributed by atoms with Crippen LogP contribution in [0.25, 0.3) is 10.8 Å². The Morgan fingerprint density at radius 1 is 1.18 bits per heavy atom. The van der Waals surface area contributed by atoms with Crippen LogP contribution in [0.15, 0.2) is 46.7 Å². The van der Waals surface area contributed by atoms with Crippen molar-refractivity contribution in [3.8, 4) is 10.8 Å². The molecule has 1 saturated carbocycles. The summed E-state index contributed by atoms with van der Waals surface area (Å²) in [4.78, 5) is 15.6. The molecule has 6 heteroatoms. The molecular weight excluding hydrogens is 296 g/mol. The molecule has 0 unspecified atom stereocenters. The van der Waals surface area contributed by atoms with E-state index in [-0.39, 0.29) is 0 Å². The van der Waals surface area contributed by atoms with E-state index >= 15 is 0 Å². The van der Waals surface area contributed by atoms with Gasteiger partial charge in [-0.1, -0.05) is 0 Å². The Bertz CT molecular complexity index is 722. The van der Waals surface area contributed by atoms with Crippen molar-refractivity contribution in [1.82, 2.24) is 19.9 Å². The molecule has 0 saturated heterocycles. The smallest absolute Gasteiger partial charge is 0.188 e. The van der Waals surface area contributed by atoms with E-state index in [1.165, 1.54) is 12.8 Å². The summed E-state index contributed by atoms with van der Waals surface area (Å²) < 4.78 is 5.47. The molecule has 0 amide bonds. The van der Waals surface area contributed by atoms with Crippen molar-refractivity contribution in [1.29, 1.82) is 0 Å². The number of rotatable bonds is 6. The third-order valence-electron chi connectivity index (χ3n) is 3.68. The molecule has 0 N–H and O–H groups in total. The predicted molar refractivity (Wildman–Crippen MR) is 84.1 cm³/mol. The minimum Gasteiger partial charge on any atom is -0.468 e. The standard InChI is InChI=1S/C16H16N4OS/c1-3-14(21-8-1)10-20(13-4-5-13)9-12-11-22-16(19-12)15-17-6-2-7-18-15/h1-3,6-8,11,13H,4-5,9-10H2. The topological polar surface area (TPSA) is 55.1 Å². The summed E-state index contributed by atoms with van der Waals surface area (Å²) in [5.74, 6) is 1.71. The number of furan rings is 1. The monoisotopic (exact) mass is 312 g/mol. The number of hydrogen-bond acceptors (Lipinski definition) is 6. The number of nitrogens with zero attached hydrogens (tertiary/aromatic N) is 4. The molecule has 5 nitrogen and oxygen atoms in total. The van der Waals surface area contributed by atoms with Crippen LogP contribution in [-0.2, 0) is 13.1 Å². The van der Waals surface area contributed by atoms with Gasteiger partial charge < -0.3 is 4.42 Å². The van der Waals surface area contributed by atoms with Gasteiger partial charge >= 0.3 is 0 Å². The SMILES string of the molecule is c1cnc(-c2nc(CN(Cc3ccco3)C3CC3)cs2)nc1. The summed E-state index contributed by atoms with van der Waals surface area (Å²) in [5, 5.41) is 2.98. The van der Waals surface area contributed by atoms with Crippen molar-refractivity contribution < 1.29 is 4.42 Å². The molecule has 3 heterocycles. The zero-order chi connectivity index (χ0) is 14.8. The quantitative estimate of drug-likeness (QED) is 0.698. The Morgan fingerprint density at radius 3 is 2.77 bits per heavy atom.